The Morgan fingerprint density at radius 1 is 1.17 bits per heavy atom. The number of rotatable bonds is 2. The zero-order valence-corrected chi connectivity index (χ0v) is 6.27. The fraction of sp³-hybridized carbons (Fsp3) is 0. The van der Waals surface area contributed by atoms with E-state index < -0.39 is 11.7 Å². The third-order valence-electron chi connectivity index (χ3n) is 1.32. The van der Waals surface area contributed by atoms with Crippen molar-refractivity contribution in [3.63, 3.8) is 0 Å². The Kier molecular flexibility index (Phi) is 2.48. The summed E-state index contributed by atoms with van der Waals surface area (Å²) in [5.41, 5.74) is 0.664. The molecule has 0 atom stereocenters. The van der Waals surface area contributed by atoms with E-state index in [1.165, 1.54) is 6.08 Å². The maximum atomic E-state index is 10.2. The SMILES string of the molecule is O=C(O)/C(O)=C\c1ccccc1. The van der Waals surface area contributed by atoms with Gasteiger partial charge in [-0.05, 0) is 11.6 Å². The summed E-state index contributed by atoms with van der Waals surface area (Å²) in [5.74, 6) is -1.97. The first-order valence-corrected chi connectivity index (χ1v) is 3.39. The highest BCUT2D eigenvalue weighted by Crippen LogP contribution is 2.03. The normalized spacial score (nSPS) is 11.2. The van der Waals surface area contributed by atoms with Crippen LogP contribution in [0.15, 0.2) is 36.1 Å². The van der Waals surface area contributed by atoms with E-state index in [-0.39, 0.29) is 0 Å². The fourth-order valence-electron chi connectivity index (χ4n) is 0.769. The summed E-state index contributed by atoms with van der Waals surface area (Å²) in [6.45, 7) is 0. The monoisotopic (exact) mass is 164 g/mol. The Hall–Kier alpha value is -1.77. The molecule has 0 bridgehead atoms. The first kappa shape index (κ1) is 8.33. The summed E-state index contributed by atoms with van der Waals surface area (Å²) in [6, 6.07) is 8.76. The number of aliphatic carboxylic acids is 1. The Morgan fingerprint density at radius 2 is 1.75 bits per heavy atom. The molecular formula is C9H8O3. The van der Waals surface area contributed by atoms with E-state index in [0.29, 0.717) is 5.56 Å². The molecule has 12 heavy (non-hydrogen) atoms. The lowest BCUT2D eigenvalue weighted by Gasteiger charge is -1.92. The number of carboxylic acid groups (broad SMARTS) is 1. The second-order valence-electron chi connectivity index (χ2n) is 2.25. The minimum atomic E-state index is -1.32. The number of hydrogen-bond donors (Lipinski definition) is 2. The maximum absolute atomic E-state index is 10.2. The third-order valence-corrected chi connectivity index (χ3v) is 1.32. The average Bonchev–Trinajstić information content (AvgIpc) is 2.06. The number of hydrogen-bond acceptors (Lipinski definition) is 2. The van der Waals surface area contributed by atoms with Crippen LogP contribution in [0.4, 0.5) is 0 Å². The molecule has 3 nitrogen and oxygen atoms in total. The van der Waals surface area contributed by atoms with Crippen molar-refractivity contribution in [3.05, 3.63) is 41.7 Å². The van der Waals surface area contributed by atoms with E-state index in [1.54, 1.807) is 24.3 Å². The Bertz CT molecular complexity index is 301. The van der Waals surface area contributed by atoms with E-state index in [1.807, 2.05) is 6.07 Å². The molecule has 1 rings (SSSR count). The first-order valence-electron chi connectivity index (χ1n) is 3.39. The number of benzene rings is 1. The van der Waals surface area contributed by atoms with Crippen LogP contribution >= 0.6 is 0 Å². The van der Waals surface area contributed by atoms with Crippen molar-refractivity contribution in [2.24, 2.45) is 0 Å². The van der Waals surface area contributed by atoms with Crippen molar-refractivity contribution in [3.8, 4) is 0 Å². The highest BCUT2D eigenvalue weighted by molar-refractivity contribution is 5.89. The molecule has 3 heteroatoms. The summed E-state index contributed by atoms with van der Waals surface area (Å²) in [5, 5.41) is 17.2. The van der Waals surface area contributed by atoms with Crippen LogP contribution in [-0.2, 0) is 4.79 Å². The highest BCUT2D eigenvalue weighted by Gasteiger charge is 2.01. The summed E-state index contributed by atoms with van der Waals surface area (Å²) in [7, 11) is 0. The topological polar surface area (TPSA) is 57.5 Å². The second-order valence-corrected chi connectivity index (χ2v) is 2.25. The van der Waals surface area contributed by atoms with Crippen LogP contribution in [0, 0.1) is 0 Å². The maximum Gasteiger partial charge on any atom is 0.370 e. The lowest BCUT2D eigenvalue weighted by Crippen LogP contribution is -1.98. The molecule has 0 saturated heterocycles. The number of aliphatic hydroxyl groups excluding tert-OH is 1. The van der Waals surface area contributed by atoms with Crippen LogP contribution in [0.25, 0.3) is 6.08 Å². The zero-order chi connectivity index (χ0) is 8.97. The van der Waals surface area contributed by atoms with Gasteiger partial charge in [0, 0.05) is 0 Å². The van der Waals surface area contributed by atoms with Gasteiger partial charge in [-0.2, -0.15) is 0 Å². The molecule has 0 unspecified atom stereocenters. The van der Waals surface area contributed by atoms with Crippen molar-refractivity contribution in [2.45, 2.75) is 0 Å². The van der Waals surface area contributed by atoms with Gasteiger partial charge in [0.15, 0.2) is 0 Å². The molecule has 0 saturated carbocycles. The number of aliphatic hydroxyl groups is 1. The van der Waals surface area contributed by atoms with Crippen LogP contribution in [-0.4, -0.2) is 16.2 Å². The summed E-state index contributed by atoms with van der Waals surface area (Å²) in [4.78, 5) is 10.2. The first-order chi connectivity index (χ1) is 5.70. The smallest absolute Gasteiger partial charge is 0.370 e. The average molecular weight is 164 g/mol. The van der Waals surface area contributed by atoms with Crippen LogP contribution in [0.1, 0.15) is 5.56 Å². The largest absolute Gasteiger partial charge is 0.502 e. The predicted molar refractivity (Wildman–Crippen MR) is 44.7 cm³/mol. The van der Waals surface area contributed by atoms with Crippen molar-refractivity contribution >= 4 is 12.0 Å². The molecule has 0 aliphatic rings. The molecule has 0 radical (unpaired) electrons. The van der Waals surface area contributed by atoms with Gasteiger partial charge in [-0.25, -0.2) is 4.79 Å². The molecule has 1 aromatic rings. The van der Waals surface area contributed by atoms with Crippen molar-refractivity contribution in [2.75, 3.05) is 0 Å². The van der Waals surface area contributed by atoms with Gasteiger partial charge >= 0.3 is 5.97 Å². The molecule has 0 fully saturated rings. The van der Waals surface area contributed by atoms with Gasteiger partial charge in [0.2, 0.25) is 5.76 Å². The van der Waals surface area contributed by atoms with Crippen LogP contribution in [0.2, 0.25) is 0 Å². The molecular weight excluding hydrogens is 156 g/mol. The number of carbonyl (C=O) groups is 1. The van der Waals surface area contributed by atoms with E-state index in [2.05, 4.69) is 0 Å². The highest BCUT2D eigenvalue weighted by atomic mass is 16.4. The quantitative estimate of drug-likeness (QED) is 0.516. The summed E-state index contributed by atoms with van der Waals surface area (Å²) >= 11 is 0. The minimum Gasteiger partial charge on any atom is -0.502 e. The number of carboxylic acids is 1. The van der Waals surface area contributed by atoms with Crippen LogP contribution < -0.4 is 0 Å². The van der Waals surface area contributed by atoms with Crippen molar-refractivity contribution in [1.82, 2.24) is 0 Å². The Balaban J connectivity index is 2.89. The Morgan fingerprint density at radius 3 is 2.25 bits per heavy atom. The lowest BCUT2D eigenvalue weighted by molar-refractivity contribution is -0.135. The zero-order valence-electron chi connectivity index (χ0n) is 6.27. The molecule has 0 spiro atoms. The van der Waals surface area contributed by atoms with Gasteiger partial charge in [0.25, 0.3) is 0 Å². The van der Waals surface area contributed by atoms with Crippen molar-refractivity contribution in [1.29, 1.82) is 0 Å². The second kappa shape index (κ2) is 3.57. The molecule has 0 aliphatic heterocycles. The molecule has 0 aliphatic carbocycles. The molecule has 0 heterocycles. The van der Waals surface area contributed by atoms with Gasteiger partial charge in [-0.1, -0.05) is 30.3 Å². The van der Waals surface area contributed by atoms with E-state index in [4.69, 9.17) is 10.2 Å². The fourth-order valence-corrected chi connectivity index (χ4v) is 0.769. The molecule has 0 amide bonds. The van der Waals surface area contributed by atoms with E-state index in [9.17, 15) is 4.79 Å². The van der Waals surface area contributed by atoms with Gasteiger partial charge < -0.3 is 10.2 Å². The standard InChI is InChI=1S/C9H8O3/c10-8(9(11)12)6-7-4-2-1-3-5-7/h1-6,10H,(H,11,12)/b8-6+. The van der Waals surface area contributed by atoms with E-state index >= 15 is 0 Å². The summed E-state index contributed by atoms with van der Waals surface area (Å²) < 4.78 is 0. The van der Waals surface area contributed by atoms with Gasteiger partial charge in [-0.3, -0.25) is 0 Å². The third kappa shape index (κ3) is 2.12. The van der Waals surface area contributed by atoms with Gasteiger partial charge in [-0.15, -0.1) is 0 Å². The molecule has 1 aromatic carbocycles. The van der Waals surface area contributed by atoms with Crippen LogP contribution in [0.5, 0.6) is 0 Å². The van der Waals surface area contributed by atoms with Crippen LogP contribution in [0.3, 0.4) is 0 Å². The lowest BCUT2D eigenvalue weighted by atomic mass is 10.2. The molecule has 0 aromatic heterocycles. The van der Waals surface area contributed by atoms with Gasteiger partial charge in [0.05, 0.1) is 0 Å². The molecule has 62 valence electrons. The predicted octanol–water partition coefficient (Wildman–Crippen LogP) is 1.67. The Labute approximate surface area is 69.6 Å². The van der Waals surface area contributed by atoms with Gasteiger partial charge in [0.1, 0.15) is 0 Å². The summed E-state index contributed by atoms with van der Waals surface area (Å²) in [6.07, 6.45) is 1.20. The van der Waals surface area contributed by atoms with E-state index in [0.717, 1.165) is 0 Å². The minimum absolute atomic E-state index is 0.652. The van der Waals surface area contributed by atoms with Crippen molar-refractivity contribution < 1.29 is 15.0 Å². The molecule has 2 N–H and O–H groups in total.